The second-order valence-corrected chi connectivity index (χ2v) is 7.80. The summed E-state index contributed by atoms with van der Waals surface area (Å²) in [5.41, 5.74) is -0.603. The molecule has 3 rings (SSSR count). The van der Waals surface area contributed by atoms with Crippen molar-refractivity contribution < 1.29 is 27.6 Å². The Morgan fingerprint density at radius 2 is 1.90 bits per heavy atom. The highest BCUT2D eigenvalue weighted by atomic mass is 19.4. The number of nitrogens with zero attached hydrogens (tertiary/aromatic N) is 1. The molecule has 0 spiro atoms. The van der Waals surface area contributed by atoms with Crippen molar-refractivity contribution in [3.63, 3.8) is 0 Å². The molecule has 0 bridgehead atoms. The van der Waals surface area contributed by atoms with Crippen molar-refractivity contribution in [1.82, 2.24) is 15.5 Å². The van der Waals surface area contributed by atoms with Gasteiger partial charge in [0.1, 0.15) is 12.1 Å². The van der Waals surface area contributed by atoms with Crippen LogP contribution in [0.15, 0.2) is 24.3 Å². The summed E-state index contributed by atoms with van der Waals surface area (Å²) in [4.78, 5) is 38.6. The first-order valence-corrected chi connectivity index (χ1v) is 9.40. The molecule has 29 heavy (non-hydrogen) atoms. The van der Waals surface area contributed by atoms with Gasteiger partial charge < -0.3 is 20.9 Å². The molecule has 1 aromatic carbocycles. The lowest BCUT2D eigenvalue weighted by atomic mass is 9.99. The minimum Gasteiger partial charge on any atom is -0.342 e. The van der Waals surface area contributed by atoms with E-state index in [9.17, 15) is 27.6 Å². The zero-order chi connectivity index (χ0) is 21.3. The van der Waals surface area contributed by atoms with Gasteiger partial charge in [0.05, 0.1) is 11.6 Å². The normalized spacial score (nSPS) is 24.3. The molecule has 0 saturated carbocycles. The summed E-state index contributed by atoms with van der Waals surface area (Å²) in [5, 5.41) is 7.89. The molecule has 2 fully saturated rings. The molecular formula is C19H23F3N4O3. The van der Waals surface area contributed by atoms with Crippen LogP contribution in [0.25, 0.3) is 0 Å². The Labute approximate surface area is 166 Å². The smallest absolute Gasteiger partial charge is 0.342 e. The topological polar surface area (TPSA) is 90.5 Å². The average Bonchev–Trinajstić information content (AvgIpc) is 3.03. The zero-order valence-electron chi connectivity index (χ0n) is 16.0. The van der Waals surface area contributed by atoms with Crippen molar-refractivity contribution in [2.24, 2.45) is 5.92 Å². The van der Waals surface area contributed by atoms with Crippen molar-refractivity contribution in [3.05, 3.63) is 29.8 Å². The SMILES string of the molecule is CC(C)C[C@@H]1NC(=O)[C@@H]2C[C@H](NC(=O)Nc3ccc(C(F)(F)F)cc3)CN2C1=O. The standard InChI is InChI=1S/C19H23F3N4O3/c1-10(2)7-14-17(28)26-9-13(8-15(26)16(27)25-14)24-18(29)23-12-5-3-11(4-6-12)19(20,21)22/h3-6,10,13-15H,7-9H2,1-2H3,(H,25,27)(H2,23,24,29)/t13-,14-,15-/m0/s1. The van der Waals surface area contributed by atoms with Crippen LogP contribution in [0.3, 0.4) is 0 Å². The molecule has 1 aromatic rings. The zero-order valence-corrected chi connectivity index (χ0v) is 16.0. The number of hydrogen-bond donors (Lipinski definition) is 3. The lowest BCUT2D eigenvalue weighted by molar-refractivity contribution is -0.147. The first kappa shape index (κ1) is 20.9. The molecule has 2 saturated heterocycles. The van der Waals surface area contributed by atoms with Crippen LogP contribution in [0.4, 0.5) is 23.7 Å². The van der Waals surface area contributed by atoms with Gasteiger partial charge in [-0.1, -0.05) is 13.8 Å². The third kappa shape index (κ3) is 4.80. The van der Waals surface area contributed by atoms with Crippen LogP contribution in [-0.4, -0.2) is 47.4 Å². The maximum atomic E-state index is 12.6. The second kappa shape index (κ2) is 7.92. The van der Waals surface area contributed by atoms with Crippen molar-refractivity contribution >= 4 is 23.5 Å². The fourth-order valence-corrected chi connectivity index (χ4v) is 3.69. The van der Waals surface area contributed by atoms with E-state index in [1.165, 1.54) is 4.90 Å². The predicted octanol–water partition coefficient (Wildman–Crippen LogP) is 2.34. The molecule has 7 nitrogen and oxygen atoms in total. The van der Waals surface area contributed by atoms with Crippen molar-refractivity contribution in [3.8, 4) is 0 Å². The summed E-state index contributed by atoms with van der Waals surface area (Å²) < 4.78 is 37.8. The Kier molecular flexibility index (Phi) is 5.72. The quantitative estimate of drug-likeness (QED) is 0.709. The van der Waals surface area contributed by atoms with E-state index >= 15 is 0 Å². The largest absolute Gasteiger partial charge is 0.416 e. The number of carbonyl (C=O) groups excluding carboxylic acids is 3. The highest BCUT2D eigenvalue weighted by Gasteiger charge is 2.46. The van der Waals surface area contributed by atoms with E-state index in [0.29, 0.717) is 6.42 Å². The number of rotatable bonds is 4. The summed E-state index contributed by atoms with van der Waals surface area (Å²) in [5.74, 6) is -0.148. The number of urea groups is 1. The van der Waals surface area contributed by atoms with Crippen LogP contribution in [0.2, 0.25) is 0 Å². The van der Waals surface area contributed by atoms with Crippen molar-refractivity contribution in [2.45, 2.75) is 51.0 Å². The molecule has 0 aliphatic carbocycles. The van der Waals surface area contributed by atoms with Gasteiger partial charge >= 0.3 is 12.2 Å². The summed E-state index contributed by atoms with van der Waals surface area (Å²) in [6.45, 7) is 4.14. The lowest BCUT2D eigenvalue weighted by Gasteiger charge is -2.35. The van der Waals surface area contributed by atoms with Crippen LogP contribution >= 0.6 is 0 Å². The van der Waals surface area contributed by atoms with Crippen LogP contribution in [-0.2, 0) is 15.8 Å². The van der Waals surface area contributed by atoms with E-state index in [2.05, 4.69) is 16.0 Å². The highest BCUT2D eigenvalue weighted by molar-refractivity contribution is 5.98. The number of halogens is 3. The number of alkyl halides is 3. The number of benzene rings is 1. The lowest BCUT2D eigenvalue weighted by Crippen LogP contribution is -2.61. The molecule has 4 amide bonds. The van der Waals surface area contributed by atoms with Gasteiger partial charge in [-0.3, -0.25) is 9.59 Å². The van der Waals surface area contributed by atoms with E-state index in [0.717, 1.165) is 24.3 Å². The van der Waals surface area contributed by atoms with Crippen molar-refractivity contribution in [2.75, 3.05) is 11.9 Å². The molecule has 158 valence electrons. The Bertz CT molecular complexity index is 795. The molecular weight excluding hydrogens is 389 g/mol. The minimum absolute atomic E-state index is 0.157. The molecule has 10 heteroatoms. The minimum atomic E-state index is -4.45. The summed E-state index contributed by atoms with van der Waals surface area (Å²) >= 11 is 0. The van der Waals surface area contributed by atoms with E-state index in [-0.39, 0.29) is 36.4 Å². The van der Waals surface area contributed by atoms with Crippen LogP contribution in [0.5, 0.6) is 0 Å². The van der Waals surface area contributed by atoms with Gasteiger partial charge in [-0.2, -0.15) is 13.2 Å². The van der Waals surface area contributed by atoms with Gasteiger partial charge in [0.15, 0.2) is 0 Å². The van der Waals surface area contributed by atoms with E-state index in [1.54, 1.807) is 0 Å². The number of hydrogen-bond acceptors (Lipinski definition) is 3. The maximum absolute atomic E-state index is 12.6. The third-order valence-electron chi connectivity index (χ3n) is 5.01. The van der Waals surface area contributed by atoms with Crippen LogP contribution < -0.4 is 16.0 Å². The number of carbonyl (C=O) groups is 3. The number of amides is 4. The number of fused-ring (bicyclic) bond motifs is 1. The first-order chi connectivity index (χ1) is 13.5. The molecule has 2 aliphatic rings. The highest BCUT2D eigenvalue weighted by Crippen LogP contribution is 2.30. The number of anilines is 1. The molecule has 2 heterocycles. The summed E-state index contributed by atoms with van der Waals surface area (Å²) in [6.07, 6.45) is -3.62. The van der Waals surface area contributed by atoms with Crippen LogP contribution in [0, 0.1) is 5.92 Å². The van der Waals surface area contributed by atoms with Gasteiger partial charge in [-0.15, -0.1) is 0 Å². The molecule has 3 N–H and O–H groups in total. The van der Waals surface area contributed by atoms with Crippen molar-refractivity contribution in [1.29, 1.82) is 0 Å². The number of piperazine rings is 1. The van der Waals surface area contributed by atoms with E-state index in [4.69, 9.17) is 0 Å². The van der Waals surface area contributed by atoms with Gasteiger partial charge in [-0.05, 0) is 43.0 Å². The summed E-state index contributed by atoms with van der Waals surface area (Å²) in [7, 11) is 0. The monoisotopic (exact) mass is 412 g/mol. The Hall–Kier alpha value is -2.78. The Balaban J connectivity index is 1.57. The van der Waals surface area contributed by atoms with Gasteiger partial charge in [0.2, 0.25) is 11.8 Å². The predicted molar refractivity (Wildman–Crippen MR) is 98.9 cm³/mol. The number of nitrogens with one attached hydrogen (secondary N) is 3. The molecule has 2 aliphatic heterocycles. The van der Waals surface area contributed by atoms with E-state index in [1.807, 2.05) is 13.8 Å². The van der Waals surface area contributed by atoms with Crippen LogP contribution in [0.1, 0.15) is 32.3 Å². The summed E-state index contributed by atoms with van der Waals surface area (Å²) in [6, 6.07) is 1.86. The van der Waals surface area contributed by atoms with E-state index < -0.39 is 35.9 Å². The molecule has 3 atom stereocenters. The Morgan fingerprint density at radius 3 is 2.48 bits per heavy atom. The van der Waals surface area contributed by atoms with Gasteiger partial charge in [-0.25, -0.2) is 4.79 Å². The second-order valence-electron chi connectivity index (χ2n) is 7.80. The Morgan fingerprint density at radius 1 is 1.24 bits per heavy atom. The van der Waals surface area contributed by atoms with Gasteiger partial charge in [0, 0.05) is 12.2 Å². The molecule has 0 unspecified atom stereocenters. The van der Waals surface area contributed by atoms with Gasteiger partial charge in [0.25, 0.3) is 0 Å². The third-order valence-corrected chi connectivity index (χ3v) is 5.01. The maximum Gasteiger partial charge on any atom is 0.416 e. The average molecular weight is 412 g/mol. The molecule has 0 radical (unpaired) electrons. The fourth-order valence-electron chi connectivity index (χ4n) is 3.69. The molecule has 0 aromatic heterocycles. The first-order valence-electron chi connectivity index (χ1n) is 9.40. The fraction of sp³-hybridized carbons (Fsp3) is 0.526.